The molecule has 1 aromatic rings. The van der Waals surface area contributed by atoms with Gasteiger partial charge < -0.3 is 9.38 Å². The van der Waals surface area contributed by atoms with Crippen molar-refractivity contribution in [1.29, 1.82) is 0 Å². The van der Waals surface area contributed by atoms with Gasteiger partial charge in [0, 0.05) is 11.7 Å². The minimum atomic E-state index is 0.0108. The molecule has 1 aromatic carbocycles. The van der Waals surface area contributed by atoms with E-state index < -0.39 is 0 Å². The molecule has 3 nitrogen and oxygen atoms in total. The average molecular weight is 301 g/mol. The lowest BCUT2D eigenvalue weighted by molar-refractivity contribution is -0.927. The Morgan fingerprint density at radius 2 is 1.86 bits per heavy atom. The highest BCUT2D eigenvalue weighted by atomic mass is 16.2. The molecule has 120 valence electrons. The van der Waals surface area contributed by atoms with Crippen LogP contribution >= 0.6 is 0 Å². The topological polar surface area (TPSA) is 20.3 Å². The summed E-state index contributed by atoms with van der Waals surface area (Å²) < 4.78 is 0.824. The fourth-order valence-corrected chi connectivity index (χ4v) is 4.27. The molecule has 1 aliphatic heterocycles. The summed E-state index contributed by atoms with van der Waals surface area (Å²) in [6, 6.07) is 9.28. The van der Waals surface area contributed by atoms with Gasteiger partial charge in [-0.25, -0.2) is 0 Å². The third-order valence-corrected chi connectivity index (χ3v) is 6.07. The third-order valence-electron chi connectivity index (χ3n) is 6.07. The first-order chi connectivity index (χ1) is 10.4. The van der Waals surface area contributed by atoms with Crippen molar-refractivity contribution >= 4 is 11.6 Å². The van der Waals surface area contributed by atoms with Gasteiger partial charge in [0.1, 0.15) is 0 Å². The number of para-hydroxylation sites is 1. The van der Waals surface area contributed by atoms with E-state index in [0.717, 1.165) is 16.6 Å². The second-order valence-electron chi connectivity index (χ2n) is 7.63. The van der Waals surface area contributed by atoms with Gasteiger partial charge in [-0.05, 0) is 57.6 Å². The van der Waals surface area contributed by atoms with Gasteiger partial charge in [0.15, 0.2) is 6.04 Å². The van der Waals surface area contributed by atoms with Crippen molar-refractivity contribution in [3.63, 3.8) is 0 Å². The van der Waals surface area contributed by atoms with Crippen LogP contribution in [0.5, 0.6) is 0 Å². The predicted octanol–water partition coefficient (Wildman–Crippen LogP) is 3.37. The van der Waals surface area contributed by atoms with Gasteiger partial charge in [0.25, 0.3) is 5.91 Å². The highest BCUT2D eigenvalue weighted by molar-refractivity contribution is 5.98. The molecule has 1 fully saturated rings. The van der Waals surface area contributed by atoms with Crippen LogP contribution in [-0.2, 0) is 11.2 Å². The number of hydrogen-bond acceptors (Lipinski definition) is 1. The number of carbonyl (C=O) groups is 1. The van der Waals surface area contributed by atoms with Crippen molar-refractivity contribution in [2.24, 2.45) is 0 Å². The van der Waals surface area contributed by atoms with Crippen LogP contribution in [0.1, 0.15) is 45.1 Å². The maximum Gasteiger partial charge on any atom is 0.285 e. The Kier molecular flexibility index (Phi) is 4.02. The Bertz CT molecular complexity index is 560. The van der Waals surface area contributed by atoms with Gasteiger partial charge in [-0.2, -0.15) is 0 Å². The molecule has 0 bridgehead atoms. The summed E-state index contributed by atoms with van der Waals surface area (Å²) >= 11 is 0. The first-order valence-corrected chi connectivity index (χ1v) is 8.67. The second-order valence-corrected chi connectivity index (χ2v) is 7.63. The number of likely N-dealkylation sites (N-methyl/N-ethyl adjacent to an activating group) is 1. The van der Waals surface area contributed by atoms with Crippen LogP contribution in [0.25, 0.3) is 0 Å². The number of hydrogen-bond donors (Lipinski definition) is 0. The average Bonchev–Trinajstić information content (AvgIpc) is 3.12. The van der Waals surface area contributed by atoms with E-state index in [-0.39, 0.29) is 18.0 Å². The summed E-state index contributed by atoms with van der Waals surface area (Å²) in [4.78, 5) is 15.3. The maximum atomic E-state index is 13.2. The van der Waals surface area contributed by atoms with Crippen molar-refractivity contribution in [3.8, 4) is 0 Å². The molecule has 0 saturated heterocycles. The quantitative estimate of drug-likeness (QED) is 0.784. The van der Waals surface area contributed by atoms with Crippen LogP contribution in [-0.4, -0.2) is 42.6 Å². The minimum absolute atomic E-state index is 0.0108. The molecule has 0 radical (unpaired) electrons. The van der Waals surface area contributed by atoms with E-state index in [4.69, 9.17) is 0 Å². The van der Waals surface area contributed by atoms with Gasteiger partial charge >= 0.3 is 0 Å². The van der Waals surface area contributed by atoms with Crippen LogP contribution in [0.4, 0.5) is 5.69 Å². The highest BCUT2D eigenvalue weighted by Gasteiger charge is 2.43. The Balaban J connectivity index is 1.84. The van der Waals surface area contributed by atoms with Crippen LogP contribution in [0, 0.1) is 0 Å². The molecule has 1 aliphatic carbocycles. The van der Waals surface area contributed by atoms with E-state index in [1.54, 1.807) is 0 Å². The van der Waals surface area contributed by atoms with Gasteiger partial charge in [0.05, 0.1) is 20.1 Å². The van der Waals surface area contributed by atoms with Crippen molar-refractivity contribution in [2.75, 3.05) is 19.0 Å². The Hall–Kier alpha value is -1.35. The number of anilines is 1. The zero-order chi connectivity index (χ0) is 15.9. The summed E-state index contributed by atoms with van der Waals surface area (Å²) in [6.45, 7) is 4.29. The molecule has 1 heterocycles. The summed E-state index contributed by atoms with van der Waals surface area (Å²) in [7, 11) is 4.48. The van der Waals surface area contributed by atoms with Crippen molar-refractivity contribution < 1.29 is 9.28 Å². The lowest BCUT2D eigenvalue weighted by Gasteiger charge is -2.42. The van der Waals surface area contributed by atoms with Crippen molar-refractivity contribution in [3.05, 3.63) is 29.8 Å². The van der Waals surface area contributed by atoms with Gasteiger partial charge in [-0.15, -0.1) is 0 Å². The van der Waals surface area contributed by atoms with Crippen molar-refractivity contribution in [2.45, 2.75) is 64.1 Å². The Morgan fingerprint density at radius 1 is 1.23 bits per heavy atom. The number of nitrogens with zero attached hydrogens (tertiary/aromatic N) is 2. The van der Waals surface area contributed by atoms with E-state index in [2.05, 4.69) is 51.0 Å². The van der Waals surface area contributed by atoms with Crippen LogP contribution in [0.2, 0.25) is 0 Å². The van der Waals surface area contributed by atoms with E-state index >= 15 is 0 Å². The highest BCUT2D eigenvalue weighted by Crippen LogP contribution is 2.35. The molecule has 0 aromatic heterocycles. The molecule has 0 spiro atoms. The molecular formula is C19H29N2O+. The molecule has 0 unspecified atom stereocenters. The second kappa shape index (κ2) is 5.69. The molecule has 2 atom stereocenters. The van der Waals surface area contributed by atoms with E-state index in [1.807, 2.05) is 6.07 Å². The fourth-order valence-electron chi connectivity index (χ4n) is 4.27. The molecule has 1 saturated carbocycles. The molecule has 1 amide bonds. The van der Waals surface area contributed by atoms with E-state index in [1.165, 1.54) is 31.2 Å². The number of rotatable bonds is 3. The molecule has 3 heteroatoms. The largest absolute Gasteiger partial charge is 0.316 e. The fraction of sp³-hybridized carbons (Fsp3) is 0.632. The number of benzene rings is 1. The van der Waals surface area contributed by atoms with Crippen LogP contribution in [0.3, 0.4) is 0 Å². The summed E-state index contributed by atoms with van der Waals surface area (Å²) in [5, 5.41) is 0. The number of fused-ring (bicyclic) bond motifs is 1. The predicted molar refractivity (Wildman–Crippen MR) is 90.9 cm³/mol. The lowest BCUT2D eigenvalue weighted by atomic mass is 10.1. The SMILES string of the molecule is C[C@@H]1Cc2ccccc2N1C(=O)[C@H](C)[N+](C)(C)C1CCCC1. The normalized spacial score (nSPS) is 23.6. The maximum absolute atomic E-state index is 13.2. The lowest BCUT2D eigenvalue weighted by Crippen LogP contribution is -2.60. The summed E-state index contributed by atoms with van der Waals surface area (Å²) in [6.07, 6.45) is 6.13. The van der Waals surface area contributed by atoms with Crippen LogP contribution in [0.15, 0.2) is 24.3 Å². The van der Waals surface area contributed by atoms with E-state index in [9.17, 15) is 4.79 Å². The first-order valence-electron chi connectivity index (χ1n) is 8.67. The summed E-state index contributed by atoms with van der Waals surface area (Å²) in [5.74, 6) is 0.286. The number of quaternary nitrogens is 1. The van der Waals surface area contributed by atoms with Gasteiger partial charge in [0.2, 0.25) is 0 Å². The standard InChI is InChI=1S/C19H29N2O/c1-14-13-16-9-5-8-12-18(16)20(14)19(22)15(2)21(3,4)17-10-6-7-11-17/h5,8-9,12,14-15,17H,6-7,10-11,13H2,1-4H3/q+1/t14-,15+/m1/s1. The minimum Gasteiger partial charge on any atom is -0.316 e. The zero-order valence-electron chi connectivity index (χ0n) is 14.4. The van der Waals surface area contributed by atoms with Gasteiger partial charge in [-0.3, -0.25) is 4.79 Å². The van der Waals surface area contributed by atoms with Crippen molar-refractivity contribution in [1.82, 2.24) is 0 Å². The third kappa shape index (κ3) is 2.45. The summed E-state index contributed by atoms with van der Waals surface area (Å²) in [5.41, 5.74) is 2.43. The zero-order valence-corrected chi connectivity index (χ0v) is 14.4. The van der Waals surface area contributed by atoms with Gasteiger partial charge in [-0.1, -0.05) is 18.2 Å². The number of carbonyl (C=O) groups excluding carboxylic acids is 1. The smallest absolute Gasteiger partial charge is 0.285 e. The molecular weight excluding hydrogens is 272 g/mol. The van der Waals surface area contributed by atoms with E-state index in [0.29, 0.717) is 6.04 Å². The number of amides is 1. The molecule has 22 heavy (non-hydrogen) atoms. The molecule has 3 rings (SSSR count). The Labute approximate surface area is 134 Å². The first kappa shape index (κ1) is 15.5. The Morgan fingerprint density at radius 3 is 2.55 bits per heavy atom. The molecule has 2 aliphatic rings. The molecule has 0 N–H and O–H groups in total. The van der Waals surface area contributed by atoms with Crippen LogP contribution < -0.4 is 4.90 Å². The monoisotopic (exact) mass is 301 g/mol.